The summed E-state index contributed by atoms with van der Waals surface area (Å²) in [5, 5.41) is 4.38. The summed E-state index contributed by atoms with van der Waals surface area (Å²) in [6.07, 6.45) is 8.54. The number of aryl methyl sites for hydroxylation is 1. The Morgan fingerprint density at radius 2 is 2.04 bits per heavy atom. The molecular weight excluding hydrogens is 326 g/mol. The Morgan fingerprint density at radius 3 is 2.65 bits per heavy atom. The quantitative estimate of drug-likeness (QED) is 0.820. The molecule has 3 rings (SSSR count). The van der Waals surface area contributed by atoms with Crippen LogP contribution >= 0.6 is 0 Å². The van der Waals surface area contributed by atoms with Crippen LogP contribution in [-0.4, -0.2) is 51.7 Å². The molecule has 0 unspecified atom stereocenters. The predicted molar refractivity (Wildman–Crippen MR) is 103 cm³/mol. The molecule has 0 spiro atoms. The number of hydrogen-bond donors (Lipinski definition) is 0. The molecule has 0 N–H and O–H groups in total. The van der Waals surface area contributed by atoms with Gasteiger partial charge < -0.3 is 4.42 Å². The second-order valence-corrected chi connectivity index (χ2v) is 8.84. The van der Waals surface area contributed by atoms with Crippen LogP contribution in [0.15, 0.2) is 23.0 Å². The first-order valence-electron chi connectivity index (χ1n) is 9.56. The fourth-order valence-electron chi connectivity index (χ4n) is 4.00. The third kappa shape index (κ3) is 4.35. The topological polar surface area (TPSA) is 50.3 Å². The molecular formula is C20H33N5O. The van der Waals surface area contributed by atoms with Crippen molar-refractivity contribution in [2.45, 2.75) is 51.6 Å². The van der Waals surface area contributed by atoms with E-state index in [1.54, 1.807) is 0 Å². The van der Waals surface area contributed by atoms with E-state index in [0.717, 1.165) is 31.3 Å². The third-order valence-corrected chi connectivity index (χ3v) is 5.32. The van der Waals surface area contributed by atoms with Gasteiger partial charge in [0.25, 0.3) is 0 Å². The zero-order chi connectivity index (χ0) is 18.9. The molecule has 0 bridgehead atoms. The first-order chi connectivity index (χ1) is 12.2. The zero-order valence-electron chi connectivity index (χ0n) is 17.1. The van der Waals surface area contributed by atoms with Crippen molar-refractivity contribution in [2.75, 3.05) is 27.2 Å². The molecule has 0 aromatic carbocycles. The molecule has 0 aliphatic carbocycles. The highest BCUT2D eigenvalue weighted by Gasteiger charge is 2.32. The predicted octanol–water partition coefficient (Wildman–Crippen LogP) is 3.22. The summed E-state index contributed by atoms with van der Waals surface area (Å²) < 4.78 is 7.87. The molecule has 1 aliphatic heterocycles. The molecule has 2 aromatic heterocycles. The van der Waals surface area contributed by atoms with Gasteiger partial charge in [0.05, 0.1) is 18.9 Å². The van der Waals surface area contributed by atoms with E-state index in [2.05, 4.69) is 60.9 Å². The molecule has 1 aliphatic rings. The van der Waals surface area contributed by atoms with Crippen molar-refractivity contribution in [1.82, 2.24) is 24.6 Å². The summed E-state index contributed by atoms with van der Waals surface area (Å²) in [6, 6.07) is 0.426. The van der Waals surface area contributed by atoms with Crippen molar-refractivity contribution in [3.63, 3.8) is 0 Å². The maximum Gasteiger partial charge on any atom is 0.208 e. The highest BCUT2D eigenvalue weighted by Crippen LogP contribution is 2.35. The number of nitrogens with zero attached hydrogens (tertiary/aromatic N) is 5. The summed E-state index contributed by atoms with van der Waals surface area (Å²) >= 11 is 0. The Bertz CT molecular complexity index is 714. The summed E-state index contributed by atoms with van der Waals surface area (Å²) in [5.74, 6) is 2.34. The van der Waals surface area contributed by atoms with Crippen molar-refractivity contribution < 1.29 is 4.42 Å². The van der Waals surface area contributed by atoms with E-state index in [0.29, 0.717) is 12.0 Å². The number of aromatic nitrogens is 3. The van der Waals surface area contributed by atoms with Crippen LogP contribution in [0.5, 0.6) is 0 Å². The molecule has 0 amide bonds. The lowest BCUT2D eigenvalue weighted by atomic mass is 9.86. The van der Waals surface area contributed by atoms with Gasteiger partial charge in [-0.25, -0.2) is 4.98 Å². The lowest BCUT2D eigenvalue weighted by Gasteiger charge is -2.40. The SMILES string of the molecule is CN(Cc1ncc(C(C)(C)C)o1)C[C@@H]1CCCN(C)[C@H]1c1cnn(C)c1. The first kappa shape index (κ1) is 19.1. The number of likely N-dealkylation sites (tertiary alicyclic amines) is 1. The van der Waals surface area contributed by atoms with Crippen LogP contribution in [0.3, 0.4) is 0 Å². The summed E-state index contributed by atoms with van der Waals surface area (Å²) in [6.45, 7) is 9.37. The Labute approximate surface area is 157 Å². The minimum Gasteiger partial charge on any atom is -0.444 e. The maximum absolute atomic E-state index is 5.97. The van der Waals surface area contributed by atoms with Gasteiger partial charge >= 0.3 is 0 Å². The molecule has 0 saturated carbocycles. The van der Waals surface area contributed by atoms with Gasteiger partial charge in [-0.1, -0.05) is 20.8 Å². The van der Waals surface area contributed by atoms with Gasteiger partial charge in [0, 0.05) is 36.8 Å². The minimum absolute atomic E-state index is 0.00130. The Balaban J connectivity index is 1.66. The molecule has 6 heteroatoms. The highest BCUT2D eigenvalue weighted by atomic mass is 16.4. The Morgan fingerprint density at radius 1 is 1.27 bits per heavy atom. The molecule has 6 nitrogen and oxygen atoms in total. The number of rotatable bonds is 5. The van der Waals surface area contributed by atoms with Crippen LogP contribution < -0.4 is 0 Å². The summed E-state index contributed by atoms with van der Waals surface area (Å²) in [4.78, 5) is 9.29. The molecule has 2 aromatic rings. The van der Waals surface area contributed by atoms with E-state index in [9.17, 15) is 0 Å². The van der Waals surface area contributed by atoms with Crippen LogP contribution in [0.1, 0.15) is 56.9 Å². The summed E-state index contributed by atoms with van der Waals surface area (Å²) in [5.41, 5.74) is 1.32. The minimum atomic E-state index is 0.00130. The summed E-state index contributed by atoms with van der Waals surface area (Å²) in [7, 11) is 6.38. The monoisotopic (exact) mass is 359 g/mol. The third-order valence-electron chi connectivity index (χ3n) is 5.32. The van der Waals surface area contributed by atoms with Gasteiger partial charge in [0.2, 0.25) is 5.89 Å². The molecule has 0 radical (unpaired) electrons. The smallest absolute Gasteiger partial charge is 0.208 e. The van der Waals surface area contributed by atoms with Gasteiger partial charge in [0.1, 0.15) is 5.76 Å². The van der Waals surface area contributed by atoms with E-state index in [-0.39, 0.29) is 5.41 Å². The van der Waals surface area contributed by atoms with E-state index in [4.69, 9.17) is 4.42 Å². The van der Waals surface area contributed by atoms with Crippen LogP contribution in [0.4, 0.5) is 0 Å². The zero-order valence-corrected chi connectivity index (χ0v) is 17.1. The van der Waals surface area contributed by atoms with Gasteiger partial charge in [0.15, 0.2) is 0 Å². The van der Waals surface area contributed by atoms with E-state index in [1.165, 1.54) is 18.4 Å². The average Bonchev–Trinajstić information content (AvgIpc) is 3.16. The normalized spacial score (nSPS) is 22.3. The standard InChI is InChI=1S/C20H33N5O/c1-20(2,3)17-11-21-18(26-17)14-23(4)12-15-8-7-9-24(5)19(15)16-10-22-25(6)13-16/h10-11,13,15,19H,7-9,12,14H2,1-6H3/t15-,19+/m0/s1. The van der Waals surface area contributed by atoms with E-state index < -0.39 is 0 Å². The van der Waals surface area contributed by atoms with Crippen LogP contribution in [0.2, 0.25) is 0 Å². The van der Waals surface area contributed by atoms with Crippen molar-refractivity contribution in [2.24, 2.45) is 13.0 Å². The van der Waals surface area contributed by atoms with Crippen LogP contribution in [-0.2, 0) is 19.0 Å². The second-order valence-electron chi connectivity index (χ2n) is 8.84. The van der Waals surface area contributed by atoms with E-state index >= 15 is 0 Å². The fourth-order valence-corrected chi connectivity index (χ4v) is 4.00. The largest absolute Gasteiger partial charge is 0.444 e. The first-order valence-corrected chi connectivity index (χ1v) is 9.56. The van der Waals surface area contributed by atoms with Gasteiger partial charge in [-0.3, -0.25) is 14.5 Å². The second kappa shape index (κ2) is 7.53. The lowest BCUT2D eigenvalue weighted by Crippen LogP contribution is -2.40. The van der Waals surface area contributed by atoms with Crippen molar-refractivity contribution >= 4 is 0 Å². The molecule has 2 atom stereocenters. The van der Waals surface area contributed by atoms with E-state index in [1.807, 2.05) is 24.1 Å². The van der Waals surface area contributed by atoms with Crippen molar-refractivity contribution in [3.8, 4) is 0 Å². The highest BCUT2D eigenvalue weighted by molar-refractivity contribution is 5.13. The molecule has 1 saturated heterocycles. The van der Waals surface area contributed by atoms with Crippen LogP contribution in [0.25, 0.3) is 0 Å². The molecule has 1 fully saturated rings. The molecule has 144 valence electrons. The fraction of sp³-hybridized carbons (Fsp3) is 0.700. The molecule has 3 heterocycles. The van der Waals surface area contributed by atoms with Crippen molar-refractivity contribution in [3.05, 3.63) is 35.8 Å². The van der Waals surface area contributed by atoms with Crippen molar-refractivity contribution in [1.29, 1.82) is 0 Å². The number of piperidine rings is 1. The maximum atomic E-state index is 5.97. The average molecular weight is 360 g/mol. The number of oxazole rings is 1. The molecule has 26 heavy (non-hydrogen) atoms. The Kier molecular flexibility index (Phi) is 5.53. The Hall–Kier alpha value is -1.66. The van der Waals surface area contributed by atoms with Gasteiger partial charge in [-0.15, -0.1) is 0 Å². The lowest BCUT2D eigenvalue weighted by molar-refractivity contribution is 0.0899. The van der Waals surface area contributed by atoms with Crippen LogP contribution in [0, 0.1) is 5.92 Å². The number of hydrogen-bond acceptors (Lipinski definition) is 5. The van der Waals surface area contributed by atoms with Gasteiger partial charge in [-0.2, -0.15) is 5.10 Å². The van der Waals surface area contributed by atoms with Gasteiger partial charge in [-0.05, 0) is 39.4 Å².